The van der Waals surface area contributed by atoms with Crippen LogP contribution < -0.4 is 9.47 Å². The lowest BCUT2D eigenvalue weighted by atomic mass is 10.1. The SMILES string of the molecule is CC.COc1cccc2c(OC)cccc12. The van der Waals surface area contributed by atoms with Crippen molar-refractivity contribution in [2.24, 2.45) is 0 Å². The van der Waals surface area contributed by atoms with Gasteiger partial charge in [0.25, 0.3) is 0 Å². The third kappa shape index (κ3) is 2.27. The van der Waals surface area contributed by atoms with E-state index >= 15 is 0 Å². The van der Waals surface area contributed by atoms with Gasteiger partial charge in [-0.1, -0.05) is 38.1 Å². The zero-order valence-electron chi connectivity index (χ0n) is 10.3. The van der Waals surface area contributed by atoms with Crippen molar-refractivity contribution in [2.45, 2.75) is 13.8 Å². The lowest BCUT2D eigenvalue weighted by Crippen LogP contribution is -1.87. The van der Waals surface area contributed by atoms with Crippen LogP contribution in [0.2, 0.25) is 0 Å². The van der Waals surface area contributed by atoms with Crippen LogP contribution in [0.1, 0.15) is 13.8 Å². The largest absolute Gasteiger partial charge is 0.496 e. The molecule has 0 unspecified atom stereocenters. The molecule has 0 atom stereocenters. The van der Waals surface area contributed by atoms with Gasteiger partial charge in [-0.3, -0.25) is 0 Å². The maximum atomic E-state index is 5.27. The van der Waals surface area contributed by atoms with Gasteiger partial charge in [0, 0.05) is 10.8 Å². The Kier molecular flexibility index (Phi) is 4.65. The van der Waals surface area contributed by atoms with Crippen molar-refractivity contribution < 1.29 is 9.47 Å². The second-order valence-corrected chi connectivity index (χ2v) is 3.02. The van der Waals surface area contributed by atoms with E-state index in [4.69, 9.17) is 9.47 Å². The first kappa shape index (κ1) is 12.4. The molecule has 2 aromatic rings. The topological polar surface area (TPSA) is 18.5 Å². The molecule has 0 aromatic heterocycles. The van der Waals surface area contributed by atoms with Crippen LogP contribution >= 0.6 is 0 Å². The van der Waals surface area contributed by atoms with Crippen LogP contribution in [0.3, 0.4) is 0 Å². The molecule has 0 amide bonds. The average Bonchev–Trinajstić information content (AvgIpc) is 2.39. The van der Waals surface area contributed by atoms with Gasteiger partial charge in [-0.2, -0.15) is 0 Å². The standard InChI is InChI=1S/C12H12O2.C2H6/c1-13-11-7-3-6-10-9(11)5-4-8-12(10)14-2;1-2/h3-8H,1-2H3;1-2H3. The summed E-state index contributed by atoms with van der Waals surface area (Å²) >= 11 is 0. The molecule has 0 saturated heterocycles. The molecule has 0 aliphatic rings. The van der Waals surface area contributed by atoms with Crippen LogP contribution in [-0.2, 0) is 0 Å². The van der Waals surface area contributed by atoms with Crippen LogP contribution in [0, 0.1) is 0 Å². The fourth-order valence-electron chi connectivity index (χ4n) is 1.61. The first-order valence-electron chi connectivity index (χ1n) is 5.46. The Bertz CT molecular complexity index is 406. The lowest BCUT2D eigenvalue weighted by Gasteiger charge is -2.08. The van der Waals surface area contributed by atoms with Crippen LogP contribution in [0.4, 0.5) is 0 Å². The summed E-state index contributed by atoms with van der Waals surface area (Å²) in [6.07, 6.45) is 0. The summed E-state index contributed by atoms with van der Waals surface area (Å²) < 4.78 is 10.5. The monoisotopic (exact) mass is 218 g/mol. The molecular formula is C14H18O2. The fourth-order valence-corrected chi connectivity index (χ4v) is 1.61. The van der Waals surface area contributed by atoms with Crippen LogP contribution in [0.25, 0.3) is 10.8 Å². The normalized spacial score (nSPS) is 9.25. The Labute approximate surface area is 96.8 Å². The highest BCUT2D eigenvalue weighted by Crippen LogP contribution is 2.31. The van der Waals surface area contributed by atoms with E-state index in [0.29, 0.717) is 0 Å². The van der Waals surface area contributed by atoms with Crippen molar-refractivity contribution in [3.63, 3.8) is 0 Å². The van der Waals surface area contributed by atoms with Gasteiger partial charge in [-0.15, -0.1) is 0 Å². The minimum atomic E-state index is 0.876. The molecular weight excluding hydrogens is 200 g/mol. The molecule has 0 heterocycles. The Morgan fingerprint density at radius 1 is 0.688 bits per heavy atom. The third-order valence-electron chi connectivity index (χ3n) is 2.28. The smallest absolute Gasteiger partial charge is 0.126 e. The molecule has 2 aromatic carbocycles. The highest BCUT2D eigenvalue weighted by atomic mass is 16.5. The predicted octanol–water partition coefficient (Wildman–Crippen LogP) is 3.88. The molecule has 0 fully saturated rings. The molecule has 2 rings (SSSR count). The van der Waals surface area contributed by atoms with Crippen LogP contribution in [-0.4, -0.2) is 14.2 Å². The van der Waals surface area contributed by atoms with E-state index in [-0.39, 0.29) is 0 Å². The zero-order valence-corrected chi connectivity index (χ0v) is 10.3. The van der Waals surface area contributed by atoms with Gasteiger partial charge >= 0.3 is 0 Å². The van der Waals surface area contributed by atoms with Crippen LogP contribution in [0.15, 0.2) is 36.4 Å². The summed E-state index contributed by atoms with van der Waals surface area (Å²) in [6.45, 7) is 4.00. The van der Waals surface area contributed by atoms with Gasteiger partial charge in [-0.05, 0) is 12.1 Å². The van der Waals surface area contributed by atoms with Gasteiger partial charge < -0.3 is 9.47 Å². The first-order valence-corrected chi connectivity index (χ1v) is 5.46. The van der Waals surface area contributed by atoms with Gasteiger partial charge in [-0.25, -0.2) is 0 Å². The summed E-state index contributed by atoms with van der Waals surface area (Å²) in [5, 5.41) is 2.16. The molecule has 0 radical (unpaired) electrons. The predicted molar refractivity (Wildman–Crippen MR) is 68.4 cm³/mol. The summed E-state index contributed by atoms with van der Waals surface area (Å²) in [7, 11) is 3.35. The van der Waals surface area contributed by atoms with Crippen molar-refractivity contribution in [1.82, 2.24) is 0 Å². The highest BCUT2D eigenvalue weighted by Gasteiger charge is 2.03. The molecule has 0 aliphatic heterocycles. The van der Waals surface area contributed by atoms with E-state index in [1.54, 1.807) is 14.2 Å². The molecule has 0 bridgehead atoms. The minimum absolute atomic E-state index is 0.876. The van der Waals surface area contributed by atoms with E-state index in [0.717, 1.165) is 22.3 Å². The molecule has 16 heavy (non-hydrogen) atoms. The number of fused-ring (bicyclic) bond motifs is 1. The van der Waals surface area contributed by atoms with Gasteiger partial charge in [0.05, 0.1) is 14.2 Å². The molecule has 0 aliphatic carbocycles. The molecule has 0 N–H and O–H groups in total. The van der Waals surface area contributed by atoms with Gasteiger partial charge in [0.15, 0.2) is 0 Å². The fraction of sp³-hybridized carbons (Fsp3) is 0.286. The maximum absolute atomic E-state index is 5.27. The molecule has 0 spiro atoms. The summed E-state index contributed by atoms with van der Waals surface area (Å²) in [4.78, 5) is 0. The number of benzene rings is 2. The number of methoxy groups -OCH3 is 2. The minimum Gasteiger partial charge on any atom is -0.496 e. The van der Waals surface area contributed by atoms with E-state index < -0.39 is 0 Å². The molecule has 2 nitrogen and oxygen atoms in total. The van der Waals surface area contributed by atoms with E-state index in [1.807, 2.05) is 50.2 Å². The van der Waals surface area contributed by atoms with Crippen molar-refractivity contribution in [3.05, 3.63) is 36.4 Å². The second-order valence-electron chi connectivity index (χ2n) is 3.02. The highest BCUT2D eigenvalue weighted by molar-refractivity contribution is 5.93. The molecule has 86 valence electrons. The number of ether oxygens (including phenoxy) is 2. The number of rotatable bonds is 2. The van der Waals surface area contributed by atoms with Crippen LogP contribution in [0.5, 0.6) is 11.5 Å². The average molecular weight is 218 g/mol. The lowest BCUT2D eigenvalue weighted by molar-refractivity contribution is 0.415. The molecule has 2 heteroatoms. The summed E-state index contributed by atoms with van der Waals surface area (Å²) in [6, 6.07) is 11.9. The van der Waals surface area contributed by atoms with Crippen molar-refractivity contribution >= 4 is 10.8 Å². The second kappa shape index (κ2) is 6.01. The summed E-state index contributed by atoms with van der Waals surface area (Å²) in [5.41, 5.74) is 0. The maximum Gasteiger partial charge on any atom is 0.126 e. The van der Waals surface area contributed by atoms with E-state index in [9.17, 15) is 0 Å². The van der Waals surface area contributed by atoms with E-state index in [2.05, 4.69) is 0 Å². The molecule has 0 saturated carbocycles. The Morgan fingerprint density at radius 2 is 1.06 bits per heavy atom. The third-order valence-corrected chi connectivity index (χ3v) is 2.28. The van der Waals surface area contributed by atoms with E-state index in [1.165, 1.54) is 0 Å². The van der Waals surface area contributed by atoms with Gasteiger partial charge in [0.2, 0.25) is 0 Å². The number of hydrogen-bond donors (Lipinski definition) is 0. The van der Waals surface area contributed by atoms with Crippen molar-refractivity contribution in [2.75, 3.05) is 14.2 Å². The quantitative estimate of drug-likeness (QED) is 0.761. The number of hydrogen-bond acceptors (Lipinski definition) is 2. The Hall–Kier alpha value is -1.70. The summed E-state index contributed by atoms with van der Waals surface area (Å²) in [5.74, 6) is 1.75. The zero-order chi connectivity index (χ0) is 12.0. The Balaban J connectivity index is 0.000000606. The van der Waals surface area contributed by atoms with Gasteiger partial charge in [0.1, 0.15) is 11.5 Å². The van der Waals surface area contributed by atoms with Crippen molar-refractivity contribution in [3.8, 4) is 11.5 Å². The Morgan fingerprint density at radius 3 is 1.38 bits per heavy atom. The first-order chi connectivity index (χ1) is 7.86. The van der Waals surface area contributed by atoms with Crippen molar-refractivity contribution in [1.29, 1.82) is 0 Å².